The zero-order valence-corrected chi connectivity index (χ0v) is 13.5. The fraction of sp³-hybridized carbons (Fsp3) is 0.357. The fourth-order valence-corrected chi connectivity index (χ4v) is 3.24. The standard InChI is InChI=1S/C14H14N2O4S2/c1-14(2)19-12(17)10(13(18)20-14)9(7(6-15)11(16)21)8-4-3-5-22-8/h3-5,7,9,17H,1-2H3,(H2,16,21). The summed E-state index contributed by atoms with van der Waals surface area (Å²) >= 11 is 6.24. The maximum Gasteiger partial charge on any atom is 0.345 e. The van der Waals surface area contributed by atoms with Gasteiger partial charge in [0.05, 0.1) is 17.0 Å². The van der Waals surface area contributed by atoms with Crippen LogP contribution < -0.4 is 5.73 Å². The van der Waals surface area contributed by atoms with Crippen LogP contribution in [0.1, 0.15) is 24.6 Å². The molecule has 1 aromatic heterocycles. The largest absolute Gasteiger partial charge is 0.480 e. The van der Waals surface area contributed by atoms with Crippen LogP contribution in [0.3, 0.4) is 0 Å². The minimum Gasteiger partial charge on any atom is -0.480 e. The number of thiophene rings is 1. The predicted molar refractivity (Wildman–Crippen MR) is 83.9 cm³/mol. The van der Waals surface area contributed by atoms with E-state index < -0.39 is 29.5 Å². The van der Waals surface area contributed by atoms with Crippen molar-refractivity contribution < 1.29 is 19.4 Å². The third-order valence-corrected chi connectivity index (χ3v) is 4.28. The molecule has 3 N–H and O–H groups in total. The Morgan fingerprint density at radius 3 is 2.68 bits per heavy atom. The molecule has 1 aliphatic heterocycles. The fourth-order valence-electron chi connectivity index (χ4n) is 2.18. The number of thiocarbonyl (C=S) groups is 1. The smallest absolute Gasteiger partial charge is 0.345 e. The number of nitriles is 1. The van der Waals surface area contributed by atoms with Crippen molar-refractivity contribution in [3.8, 4) is 6.07 Å². The van der Waals surface area contributed by atoms with Crippen LogP contribution in [0.25, 0.3) is 0 Å². The number of carbonyl (C=O) groups is 1. The molecule has 2 heterocycles. The van der Waals surface area contributed by atoms with Gasteiger partial charge in [0.15, 0.2) is 0 Å². The average molecular weight is 338 g/mol. The summed E-state index contributed by atoms with van der Waals surface area (Å²) in [4.78, 5) is 12.9. The van der Waals surface area contributed by atoms with Crippen molar-refractivity contribution in [1.29, 1.82) is 5.26 Å². The molecule has 0 fully saturated rings. The first kappa shape index (κ1) is 16.3. The van der Waals surface area contributed by atoms with E-state index in [4.69, 9.17) is 27.4 Å². The van der Waals surface area contributed by atoms with Gasteiger partial charge in [0.25, 0.3) is 11.7 Å². The summed E-state index contributed by atoms with van der Waals surface area (Å²) in [5, 5.41) is 21.3. The summed E-state index contributed by atoms with van der Waals surface area (Å²) in [7, 11) is 0. The van der Waals surface area contributed by atoms with Crippen LogP contribution in [-0.2, 0) is 14.3 Å². The molecule has 1 aromatic rings. The number of nitrogens with zero attached hydrogens (tertiary/aromatic N) is 1. The highest BCUT2D eigenvalue weighted by Crippen LogP contribution is 2.40. The van der Waals surface area contributed by atoms with Crippen molar-refractivity contribution in [2.24, 2.45) is 11.7 Å². The van der Waals surface area contributed by atoms with Gasteiger partial charge >= 0.3 is 5.97 Å². The highest BCUT2D eigenvalue weighted by Gasteiger charge is 2.44. The Kier molecular flexibility index (Phi) is 4.39. The number of aliphatic hydroxyl groups excluding tert-OH is 1. The summed E-state index contributed by atoms with van der Waals surface area (Å²) in [6, 6.07) is 5.47. The first-order chi connectivity index (χ1) is 10.3. The summed E-state index contributed by atoms with van der Waals surface area (Å²) in [5.41, 5.74) is 5.47. The second kappa shape index (κ2) is 5.94. The zero-order chi connectivity index (χ0) is 16.5. The Balaban J connectivity index is 2.58. The van der Waals surface area contributed by atoms with Crippen LogP contribution in [0.5, 0.6) is 0 Å². The predicted octanol–water partition coefficient (Wildman–Crippen LogP) is 2.34. The lowest BCUT2D eigenvalue weighted by molar-refractivity contribution is -0.222. The second-order valence-electron chi connectivity index (χ2n) is 5.11. The minimum absolute atomic E-state index is 0.0705. The molecule has 116 valence electrons. The van der Waals surface area contributed by atoms with E-state index in [1.807, 2.05) is 6.07 Å². The number of aliphatic hydroxyl groups is 1. The normalized spacial score (nSPS) is 19.6. The molecular weight excluding hydrogens is 324 g/mol. The Hall–Kier alpha value is -2.11. The van der Waals surface area contributed by atoms with Gasteiger partial charge in [0.2, 0.25) is 0 Å². The number of hydrogen-bond acceptors (Lipinski definition) is 7. The molecule has 2 atom stereocenters. The number of cyclic esters (lactones) is 1. The van der Waals surface area contributed by atoms with Gasteiger partial charge in [-0.25, -0.2) is 4.79 Å². The van der Waals surface area contributed by atoms with Gasteiger partial charge in [-0.1, -0.05) is 18.3 Å². The molecular formula is C14H14N2O4S2. The first-order valence-corrected chi connectivity index (χ1v) is 7.63. The van der Waals surface area contributed by atoms with Gasteiger partial charge in [-0.2, -0.15) is 5.26 Å². The van der Waals surface area contributed by atoms with Crippen molar-refractivity contribution in [2.75, 3.05) is 0 Å². The average Bonchev–Trinajstić information content (AvgIpc) is 2.88. The van der Waals surface area contributed by atoms with Crippen LogP contribution in [0.2, 0.25) is 0 Å². The molecule has 22 heavy (non-hydrogen) atoms. The van der Waals surface area contributed by atoms with Gasteiger partial charge in [-0.15, -0.1) is 11.3 Å². The van der Waals surface area contributed by atoms with Gasteiger partial charge in [0.1, 0.15) is 11.5 Å². The lowest BCUT2D eigenvalue weighted by Crippen LogP contribution is -2.40. The summed E-state index contributed by atoms with van der Waals surface area (Å²) in [6.07, 6.45) is 0. The lowest BCUT2D eigenvalue weighted by Gasteiger charge is -2.33. The van der Waals surface area contributed by atoms with E-state index in [-0.39, 0.29) is 10.6 Å². The van der Waals surface area contributed by atoms with Crippen LogP contribution in [0.15, 0.2) is 29.0 Å². The molecule has 0 radical (unpaired) electrons. The van der Waals surface area contributed by atoms with Crippen molar-refractivity contribution in [2.45, 2.75) is 25.6 Å². The maximum atomic E-state index is 12.3. The number of hydrogen-bond donors (Lipinski definition) is 2. The Bertz CT molecular complexity index is 674. The van der Waals surface area contributed by atoms with Gasteiger partial charge in [0, 0.05) is 18.7 Å². The van der Waals surface area contributed by atoms with Crippen LogP contribution in [0, 0.1) is 17.2 Å². The molecule has 0 saturated carbocycles. The summed E-state index contributed by atoms with van der Waals surface area (Å²) < 4.78 is 10.4. The van der Waals surface area contributed by atoms with Crippen molar-refractivity contribution >= 4 is 34.5 Å². The Labute approximate surface area is 136 Å². The second-order valence-corrected chi connectivity index (χ2v) is 6.56. The van der Waals surface area contributed by atoms with Crippen LogP contribution in [-0.4, -0.2) is 21.9 Å². The van der Waals surface area contributed by atoms with Crippen molar-refractivity contribution in [3.05, 3.63) is 33.9 Å². The number of rotatable bonds is 4. The van der Waals surface area contributed by atoms with Crippen molar-refractivity contribution in [3.63, 3.8) is 0 Å². The molecule has 6 nitrogen and oxygen atoms in total. The first-order valence-electron chi connectivity index (χ1n) is 6.34. The molecule has 8 heteroatoms. The molecule has 0 spiro atoms. The minimum atomic E-state index is -1.28. The number of esters is 1. The number of ether oxygens (including phenoxy) is 2. The molecule has 0 aromatic carbocycles. The van der Waals surface area contributed by atoms with Crippen molar-refractivity contribution in [1.82, 2.24) is 0 Å². The van der Waals surface area contributed by atoms with E-state index in [0.717, 1.165) is 0 Å². The van der Waals surface area contributed by atoms with E-state index in [2.05, 4.69) is 0 Å². The third-order valence-electron chi connectivity index (χ3n) is 3.07. The topological polar surface area (TPSA) is 106 Å². The van der Waals surface area contributed by atoms with E-state index in [1.54, 1.807) is 17.5 Å². The molecule has 2 rings (SSSR count). The van der Waals surface area contributed by atoms with E-state index in [0.29, 0.717) is 4.88 Å². The quantitative estimate of drug-likeness (QED) is 0.641. The third kappa shape index (κ3) is 3.05. The van der Waals surface area contributed by atoms with E-state index >= 15 is 0 Å². The monoisotopic (exact) mass is 338 g/mol. The number of nitrogens with two attached hydrogens (primary N) is 1. The molecule has 0 bridgehead atoms. The van der Waals surface area contributed by atoms with Gasteiger partial charge in [-0.05, 0) is 11.4 Å². The summed E-state index contributed by atoms with van der Waals surface area (Å²) in [5.74, 6) is -4.43. The molecule has 0 saturated heterocycles. The van der Waals surface area contributed by atoms with Gasteiger partial charge < -0.3 is 20.3 Å². The SMILES string of the molecule is CC1(C)OC(=O)C(C(c2cccs2)C(C#N)C(N)=S)=C(O)O1. The zero-order valence-electron chi connectivity index (χ0n) is 11.9. The molecule has 0 amide bonds. The maximum absolute atomic E-state index is 12.3. The molecule has 1 aliphatic rings. The molecule has 0 aliphatic carbocycles. The number of carbonyl (C=O) groups excluding carboxylic acids is 1. The van der Waals surface area contributed by atoms with E-state index in [9.17, 15) is 15.2 Å². The lowest BCUT2D eigenvalue weighted by atomic mass is 9.85. The van der Waals surface area contributed by atoms with Gasteiger partial charge in [-0.3, -0.25) is 0 Å². The molecule has 2 unspecified atom stereocenters. The Morgan fingerprint density at radius 2 is 2.23 bits per heavy atom. The van der Waals surface area contributed by atoms with E-state index in [1.165, 1.54) is 25.2 Å². The summed E-state index contributed by atoms with van der Waals surface area (Å²) in [6.45, 7) is 2.99. The Morgan fingerprint density at radius 1 is 1.55 bits per heavy atom. The van der Waals surface area contributed by atoms with Crippen LogP contribution in [0.4, 0.5) is 0 Å². The highest BCUT2D eigenvalue weighted by molar-refractivity contribution is 7.80. The highest BCUT2D eigenvalue weighted by atomic mass is 32.1. The van der Waals surface area contributed by atoms with Crippen LogP contribution >= 0.6 is 23.6 Å².